The van der Waals surface area contributed by atoms with E-state index in [1.54, 1.807) is 0 Å². The molecule has 0 radical (unpaired) electrons. The summed E-state index contributed by atoms with van der Waals surface area (Å²) in [4.78, 5) is 0. The van der Waals surface area contributed by atoms with Gasteiger partial charge in [0.25, 0.3) is 0 Å². The number of alkyl halides is 3. The van der Waals surface area contributed by atoms with Crippen LogP contribution in [0.2, 0.25) is 0 Å². The Morgan fingerprint density at radius 3 is 2.17 bits per heavy atom. The van der Waals surface area contributed by atoms with Crippen molar-refractivity contribution in [3.05, 3.63) is 10.2 Å². The van der Waals surface area contributed by atoms with Crippen LogP contribution in [0.3, 0.4) is 0 Å². The zero-order chi connectivity index (χ0) is 13.9. The molecule has 2 aliphatic rings. The van der Waals surface area contributed by atoms with Crippen LogP contribution >= 0.6 is 15.9 Å². The zero-order valence-electron chi connectivity index (χ0n) is 9.71. The van der Waals surface area contributed by atoms with Gasteiger partial charge in [0, 0.05) is 10.4 Å². The van der Waals surface area contributed by atoms with Crippen molar-refractivity contribution in [3.8, 4) is 0 Å². The maximum Gasteiger partial charge on any atom is 0.534 e. The highest BCUT2D eigenvalue weighted by atomic mass is 79.9. The number of fused-ring (bicyclic) bond motifs is 2. The molecular weight excluding hydrogens is 337 g/mol. The number of hydrogen-bond donors (Lipinski definition) is 0. The summed E-state index contributed by atoms with van der Waals surface area (Å²) in [5.41, 5.74) is -5.66. The van der Waals surface area contributed by atoms with Gasteiger partial charge < -0.3 is 4.18 Å². The van der Waals surface area contributed by atoms with Crippen molar-refractivity contribution < 1.29 is 25.8 Å². The fraction of sp³-hybridized carbons (Fsp3) is 0.800. The fourth-order valence-corrected chi connectivity index (χ4v) is 4.66. The van der Waals surface area contributed by atoms with E-state index >= 15 is 0 Å². The van der Waals surface area contributed by atoms with Gasteiger partial charge in [0.2, 0.25) is 0 Å². The van der Waals surface area contributed by atoms with Crippen LogP contribution in [0.5, 0.6) is 0 Å². The molecule has 0 aromatic carbocycles. The maximum atomic E-state index is 12.3. The van der Waals surface area contributed by atoms with Crippen molar-refractivity contribution in [1.82, 2.24) is 0 Å². The minimum absolute atomic E-state index is 0.0286. The molecule has 8 heteroatoms. The van der Waals surface area contributed by atoms with E-state index in [2.05, 4.69) is 20.1 Å². The summed E-state index contributed by atoms with van der Waals surface area (Å²) in [5, 5.41) is 0. The van der Waals surface area contributed by atoms with E-state index < -0.39 is 15.6 Å². The molecule has 3 nitrogen and oxygen atoms in total. The van der Waals surface area contributed by atoms with E-state index in [1.807, 2.05) is 13.8 Å². The van der Waals surface area contributed by atoms with Crippen LogP contribution in [0.25, 0.3) is 0 Å². The Hall–Kier alpha value is -0.240. The second-order valence-corrected chi connectivity index (χ2v) is 7.59. The van der Waals surface area contributed by atoms with E-state index in [-0.39, 0.29) is 23.0 Å². The summed E-state index contributed by atoms with van der Waals surface area (Å²) < 4.78 is 63.8. The lowest BCUT2D eigenvalue weighted by Crippen LogP contribution is -2.27. The third-order valence-electron chi connectivity index (χ3n) is 3.88. The summed E-state index contributed by atoms with van der Waals surface area (Å²) in [7, 11) is -5.57. The van der Waals surface area contributed by atoms with Crippen molar-refractivity contribution in [2.75, 3.05) is 0 Å². The van der Waals surface area contributed by atoms with Crippen LogP contribution < -0.4 is 0 Å². The molecule has 2 bridgehead atoms. The lowest BCUT2D eigenvalue weighted by Gasteiger charge is -2.25. The van der Waals surface area contributed by atoms with Crippen molar-refractivity contribution in [2.45, 2.75) is 32.2 Å². The second kappa shape index (κ2) is 3.88. The molecule has 2 unspecified atom stereocenters. The maximum absolute atomic E-state index is 12.3. The van der Waals surface area contributed by atoms with Gasteiger partial charge in [-0.05, 0) is 24.2 Å². The monoisotopic (exact) mass is 348 g/mol. The largest absolute Gasteiger partial charge is 0.534 e. The topological polar surface area (TPSA) is 43.4 Å². The predicted octanol–water partition coefficient (Wildman–Crippen LogP) is 3.53. The van der Waals surface area contributed by atoms with Gasteiger partial charge in [-0.2, -0.15) is 21.6 Å². The first kappa shape index (κ1) is 14.2. The molecule has 2 rings (SSSR count). The lowest BCUT2D eigenvalue weighted by molar-refractivity contribution is -0.0528. The lowest BCUT2D eigenvalue weighted by atomic mass is 9.81. The van der Waals surface area contributed by atoms with Crippen LogP contribution in [0, 0.1) is 17.3 Å². The smallest absolute Gasteiger partial charge is 0.379 e. The average molecular weight is 349 g/mol. The molecule has 0 aliphatic heterocycles. The van der Waals surface area contributed by atoms with Crippen molar-refractivity contribution in [2.24, 2.45) is 17.3 Å². The Labute approximate surface area is 112 Å². The predicted molar refractivity (Wildman–Crippen MR) is 62.0 cm³/mol. The molecule has 1 saturated carbocycles. The van der Waals surface area contributed by atoms with E-state index in [4.69, 9.17) is 0 Å². The summed E-state index contributed by atoms with van der Waals surface area (Å²) in [6.07, 6.45) is 1.48. The minimum atomic E-state index is -5.57. The molecule has 104 valence electrons. The minimum Gasteiger partial charge on any atom is -0.379 e. The molecule has 0 aromatic rings. The first-order valence-electron chi connectivity index (χ1n) is 5.39. The van der Waals surface area contributed by atoms with Gasteiger partial charge in [0.05, 0.1) is 0 Å². The van der Waals surface area contributed by atoms with E-state index in [9.17, 15) is 21.6 Å². The van der Waals surface area contributed by atoms with E-state index in [0.29, 0.717) is 10.9 Å². The third kappa shape index (κ3) is 1.88. The average Bonchev–Trinajstić information content (AvgIpc) is 2.54. The van der Waals surface area contributed by atoms with E-state index in [1.165, 1.54) is 0 Å². The molecule has 0 aromatic heterocycles. The molecule has 18 heavy (non-hydrogen) atoms. The van der Waals surface area contributed by atoms with Gasteiger partial charge in [-0.15, -0.1) is 0 Å². The standard InChI is InChI=1S/C10H12BrF3O3S/c1-9(2)5-3-4-6(9)8(7(5)11)17-18(15,16)10(12,13)14/h5-6H,3-4H2,1-2H3. The van der Waals surface area contributed by atoms with E-state index in [0.717, 1.165) is 6.42 Å². The van der Waals surface area contributed by atoms with Gasteiger partial charge >= 0.3 is 15.6 Å². The second-order valence-electron chi connectivity index (χ2n) is 5.20. The van der Waals surface area contributed by atoms with Crippen molar-refractivity contribution >= 4 is 26.0 Å². The summed E-state index contributed by atoms with van der Waals surface area (Å²) in [5.74, 6) is -0.330. The summed E-state index contributed by atoms with van der Waals surface area (Å²) >= 11 is 3.18. The quantitative estimate of drug-likeness (QED) is 0.566. The molecule has 0 saturated heterocycles. The van der Waals surface area contributed by atoms with Crippen LogP contribution in [0.15, 0.2) is 10.2 Å². The Bertz CT molecular complexity index is 507. The molecule has 2 atom stereocenters. The molecule has 0 heterocycles. The Morgan fingerprint density at radius 1 is 1.28 bits per heavy atom. The van der Waals surface area contributed by atoms with Gasteiger partial charge in [-0.25, -0.2) is 0 Å². The number of rotatable bonds is 2. The Kier molecular flexibility index (Phi) is 3.05. The molecule has 0 amide bonds. The molecule has 0 spiro atoms. The summed E-state index contributed by atoms with van der Waals surface area (Å²) in [6, 6.07) is 0. The van der Waals surface area contributed by atoms with Crippen LogP contribution in [-0.4, -0.2) is 13.9 Å². The SMILES string of the molecule is CC1(C)C2CCC1C(OS(=O)(=O)C(F)(F)F)=C2Br. The van der Waals surface area contributed by atoms with Crippen LogP contribution in [0.1, 0.15) is 26.7 Å². The van der Waals surface area contributed by atoms with Gasteiger partial charge in [-0.1, -0.05) is 29.8 Å². The normalized spacial score (nSPS) is 31.0. The van der Waals surface area contributed by atoms with Crippen LogP contribution in [-0.2, 0) is 14.3 Å². The first-order chi connectivity index (χ1) is 7.98. The highest BCUT2D eigenvalue weighted by molar-refractivity contribution is 9.11. The first-order valence-corrected chi connectivity index (χ1v) is 7.59. The highest BCUT2D eigenvalue weighted by Crippen LogP contribution is 2.62. The number of halogens is 4. The molecular formula is C10H12BrF3O3S. The van der Waals surface area contributed by atoms with Gasteiger partial charge in [-0.3, -0.25) is 0 Å². The van der Waals surface area contributed by atoms with Gasteiger partial charge in [0.15, 0.2) is 0 Å². The number of hydrogen-bond acceptors (Lipinski definition) is 3. The highest BCUT2D eigenvalue weighted by Gasteiger charge is 2.57. The molecule has 2 aliphatic carbocycles. The third-order valence-corrected chi connectivity index (χ3v) is 5.79. The van der Waals surface area contributed by atoms with Gasteiger partial charge in [0.1, 0.15) is 5.76 Å². The fourth-order valence-electron chi connectivity index (χ4n) is 2.84. The molecule has 1 fully saturated rings. The van der Waals surface area contributed by atoms with Crippen LogP contribution in [0.4, 0.5) is 13.2 Å². The Balaban J connectivity index is 2.33. The molecule has 0 N–H and O–H groups in total. The Morgan fingerprint density at radius 2 is 1.78 bits per heavy atom. The number of allylic oxidation sites excluding steroid dienone is 2. The zero-order valence-corrected chi connectivity index (χ0v) is 12.1. The van der Waals surface area contributed by atoms with Crippen molar-refractivity contribution in [1.29, 1.82) is 0 Å². The summed E-state index contributed by atoms with van der Waals surface area (Å²) in [6.45, 7) is 3.82. The van der Waals surface area contributed by atoms with Crippen molar-refractivity contribution in [3.63, 3.8) is 0 Å².